The molecule has 0 bridgehead atoms. The van der Waals surface area contributed by atoms with Crippen LogP contribution in [0.1, 0.15) is 12.6 Å². The number of amides is 1. The molecule has 0 radical (unpaired) electrons. The molecule has 2 N–H and O–H groups in total. The fourth-order valence-electron chi connectivity index (χ4n) is 2.09. The van der Waals surface area contributed by atoms with Gasteiger partial charge in [-0.15, -0.1) is 0 Å². The molecular formula is C15H15N5O. The quantitative estimate of drug-likeness (QED) is 0.566. The number of benzene rings is 1. The first kappa shape index (κ1) is 13.1. The molecule has 1 aromatic carbocycles. The number of nitrogens with one attached hydrogen (secondary N) is 2. The molecule has 6 nitrogen and oxygen atoms in total. The average Bonchev–Trinajstić information content (AvgIpc) is 3.15. The van der Waals surface area contributed by atoms with Gasteiger partial charge in [-0.3, -0.25) is 4.79 Å². The third-order valence-electron chi connectivity index (χ3n) is 3.18. The molecule has 3 aromatic rings. The van der Waals surface area contributed by atoms with Crippen molar-refractivity contribution in [3.8, 4) is 0 Å². The van der Waals surface area contributed by atoms with Gasteiger partial charge in [0.2, 0.25) is 0 Å². The molecular weight excluding hydrogens is 266 g/mol. The van der Waals surface area contributed by atoms with Crippen molar-refractivity contribution in [1.29, 1.82) is 0 Å². The van der Waals surface area contributed by atoms with Crippen LogP contribution >= 0.6 is 0 Å². The highest BCUT2D eigenvalue weighted by molar-refractivity contribution is 5.97. The highest BCUT2D eigenvalue weighted by Crippen LogP contribution is 2.11. The molecule has 0 spiro atoms. The van der Waals surface area contributed by atoms with E-state index in [0.29, 0.717) is 0 Å². The molecule has 2 heterocycles. The number of hydrogen-bond donors (Lipinski definition) is 2. The summed E-state index contributed by atoms with van der Waals surface area (Å²) in [5.74, 6) is -0.191. The van der Waals surface area contributed by atoms with Crippen LogP contribution in [0.4, 0.5) is 0 Å². The normalized spacial score (nSPS) is 11.8. The van der Waals surface area contributed by atoms with Crippen LogP contribution in [-0.4, -0.2) is 26.2 Å². The maximum atomic E-state index is 12.0. The Labute approximate surface area is 121 Å². The zero-order chi connectivity index (χ0) is 14.7. The number of hydrogen-bond acceptors (Lipinski definition) is 3. The lowest BCUT2D eigenvalue weighted by Gasteiger charge is -2.04. The maximum Gasteiger partial charge on any atom is 0.260 e. The van der Waals surface area contributed by atoms with Gasteiger partial charge in [-0.1, -0.05) is 12.1 Å². The SMILES string of the molecule is C/C(=N\NC(=O)Cn1cnc2ccccc21)c1ccc[nH]1. The first-order valence-electron chi connectivity index (χ1n) is 6.61. The number of carbonyl (C=O) groups is 1. The van der Waals surface area contributed by atoms with E-state index in [-0.39, 0.29) is 12.5 Å². The number of imidazole rings is 1. The van der Waals surface area contributed by atoms with Crippen molar-refractivity contribution in [3.05, 3.63) is 54.6 Å². The summed E-state index contributed by atoms with van der Waals surface area (Å²) >= 11 is 0. The van der Waals surface area contributed by atoms with Gasteiger partial charge in [-0.2, -0.15) is 5.10 Å². The lowest BCUT2D eigenvalue weighted by Crippen LogP contribution is -2.24. The molecule has 0 aliphatic carbocycles. The van der Waals surface area contributed by atoms with Crippen molar-refractivity contribution in [2.24, 2.45) is 5.10 Å². The molecule has 3 rings (SSSR count). The van der Waals surface area contributed by atoms with Gasteiger partial charge in [0.05, 0.1) is 28.8 Å². The number of aromatic amines is 1. The van der Waals surface area contributed by atoms with E-state index in [1.165, 1.54) is 0 Å². The van der Waals surface area contributed by atoms with Gasteiger partial charge in [0, 0.05) is 6.20 Å². The van der Waals surface area contributed by atoms with E-state index in [9.17, 15) is 4.79 Å². The number of fused-ring (bicyclic) bond motifs is 1. The Hall–Kier alpha value is -2.89. The van der Waals surface area contributed by atoms with Gasteiger partial charge >= 0.3 is 0 Å². The average molecular weight is 281 g/mol. The molecule has 0 aliphatic heterocycles. The fourth-order valence-corrected chi connectivity index (χ4v) is 2.09. The van der Waals surface area contributed by atoms with Gasteiger partial charge in [0.1, 0.15) is 6.54 Å². The topological polar surface area (TPSA) is 75.1 Å². The third kappa shape index (κ3) is 2.84. The van der Waals surface area contributed by atoms with Crippen LogP contribution in [0.15, 0.2) is 54.0 Å². The van der Waals surface area contributed by atoms with E-state index >= 15 is 0 Å². The molecule has 1 amide bonds. The zero-order valence-electron chi connectivity index (χ0n) is 11.6. The van der Waals surface area contributed by atoms with Crippen LogP contribution in [-0.2, 0) is 11.3 Å². The molecule has 2 aromatic heterocycles. The monoisotopic (exact) mass is 281 g/mol. The summed E-state index contributed by atoms with van der Waals surface area (Å²) in [6.07, 6.45) is 3.47. The summed E-state index contributed by atoms with van der Waals surface area (Å²) in [6, 6.07) is 11.5. The van der Waals surface area contributed by atoms with Crippen LogP contribution in [0.3, 0.4) is 0 Å². The molecule has 0 saturated carbocycles. The van der Waals surface area contributed by atoms with E-state index < -0.39 is 0 Å². The van der Waals surface area contributed by atoms with Crippen LogP contribution in [0.5, 0.6) is 0 Å². The van der Waals surface area contributed by atoms with Crippen molar-refractivity contribution < 1.29 is 4.79 Å². The minimum atomic E-state index is -0.191. The Morgan fingerprint density at radius 2 is 2.19 bits per heavy atom. The summed E-state index contributed by atoms with van der Waals surface area (Å²) in [5, 5.41) is 4.08. The van der Waals surface area contributed by atoms with Gasteiger partial charge in [0.15, 0.2) is 0 Å². The number of rotatable bonds is 4. The lowest BCUT2D eigenvalue weighted by atomic mass is 10.3. The number of carbonyl (C=O) groups excluding carboxylic acids is 1. The smallest absolute Gasteiger partial charge is 0.260 e. The molecule has 6 heteroatoms. The summed E-state index contributed by atoms with van der Waals surface area (Å²) in [4.78, 5) is 19.2. The molecule has 0 fully saturated rings. The zero-order valence-corrected chi connectivity index (χ0v) is 11.6. The van der Waals surface area contributed by atoms with Crippen molar-refractivity contribution in [2.45, 2.75) is 13.5 Å². The first-order chi connectivity index (χ1) is 10.2. The van der Waals surface area contributed by atoms with Crippen LogP contribution in [0, 0.1) is 0 Å². The Morgan fingerprint density at radius 3 is 3.00 bits per heavy atom. The standard InChI is InChI=1S/C15H15N5O/c1-11(12-6-4-8-16-12)18-19-15(21)9-20-10-17-13-5-2-3-7-14(13)20/h2-8,10,16H,9H2,1H3,(H,19,21)/b18-11+. The molecule has 0 saturated heterocycles. The van der Waals surface area contributed by atoms with E-state index in [2.05, 4.69) is 20.5 Å². The summed E-state index contributed by atoms with van der Waals surface area (Å²) in [6.45, 7) is 2.01. The van der Waals surface area contributed by atoms with Gasteiger partial charge in [-0.25, -0.2) is 10.4 Å². The predicted molar refractivity (Wildman–Crippen MR) is 80.9 cm³/mol. The van der Waals surface area contributed by atoms with Crippen molar-refractivity contribution in [3.63, 3.8) is 0 Å². The number of nitrogens with zero attached hydrogens (tertiary/aromatic N) is 3. The molecule has 0 unspecified atom stereocenters. The van der Waals surface area contributed by atoms with Crippen molar-refractivity contribution in [2.75, 3.05) is 0 Å². The highest BCUT2D eigenvalue weighted by Gasteiger charge is 2.06. The second-order valence-corrected chi connectivity index (χ2v) is 4.68. The number of hydrazone groups is 1. The van der Waals surface area contributed by atoms with E-state index in [0.717, 1.165) is 22.4 Å². The Balaban J connectivity index is 1.68. The maximum absolute atomic E-state index is 12.0. The van der Waals surface area contributed by atoms with Crippen molar-refractivity contribution >= 4 is 22.7 Å². The fraction of sp³-hybridized carbons (Fsp3) is 0.133. The van der Waals surface area contributed by atoms with Gasteiger partial charge in [-0.05, 0) is 31.2 Å². The number of para-hydroxylation sites is 2. The summed E-state index contributed by atoms with van der Waals surface area (Å²) in [7, 11) is 0. The molecule has 21 heavy (non-hydrogen) atoms. The van der Waals surface area contributed by atoms with Crippen LogP contribution in [0.2, 0.25) is 0 Å². The number of aromatic nitrogens is 3. The Morgan fingerprint density at radius 1 is 1.33 bits per heavy atom. The van der Waals surface area contributed by atoms with Gasteiger partial charge < -0.3 is 9.55 Å². The number of H-pyrrole nitrogens is 1. The minimum Gasteiger partial charge on any atom is -0.360 e. The minimum absolute atomic E-state index is 0.183. The van der Waals surface area contributed by atoms with Crippen LogP contribution in [0.25, 0.3) is 11.0 Å². The van der Waals surface area contributed by atoms with E-state index in [1.54, 1.807) is 10.9 Å². The Kier molecular flexibility index (Phi) is 3.51. The van der Waals surface area contributed by atoms with Crippen LogP contribution < -0.4 is 5.43 Å². The molecule has 106 valence electrons. The Bertz CT molecular complexity index is 785. The second kappa shape index (κ2) is 5.62. The summed E-state index contributed by atoms with van der Waals surface area (Å²) < 4.78 is 1.80. The second-order valence-electron chi connectivity index (χ2n) is 4.68. The molecule has 0 aliphatic rings. The predicted octanol–water partition coefficient (Wildman–Crippen LogP) is 1.90. The van der Waals surface area contributed by atoms with E-state index in [4.69, 9.17) is 0 Å². The van der Waals surface area contributed by atoms with E-state index in [1.807, 2.05) is 49.5 Å². The molecule has 0 atom stereocenters. The first-order valence-corrected chi connectivity index (χ1v) is 6.61. The largest absolute Gasteiger partial charge is 0.360 e. The third-order valence-corrected chi connectivity index (χ3v) is 3.18. The summed E-state index contributed by atoms with van der Waals surface area (Å²) in [5.41, 5.74) is 5.96. The highest BCUT2D eigenvalue weighted by atomic mass is 16.2. The van der Waals surface area contributed by atoms with Crippen molar-refractivity contribution in [1.82, 2.24) is 20.0 Å². The van der Waals surface area contributed by atoms with Gasteiger partial charge in [0.25, 0.3) is 5.91 Å². The lowest BCUT2D eigenvalue weighted by molar-refractivity contribution is -0.121.